The van der Waals surface area contributed by atoms with Gasteiger partial charge in [-0.1, -0.05) is 17.7 Å². The lowest BCUT2D eigenvalue weighted by Gasteiger charge is -2.05. The number of aryl methyl sites for hydroxylation is 2. The van der Waals surface area contributed by atoms with E-state index in [4.69, 9.17) is 11.6 Å². The van der Waals surface area contributed by atoms with E-state index in [1.165, 1.54) is 40.1 Å². The Bertz CT molecular complexity index is 1030. The normalized spacial score (nSPS) is 11.7. The Kier molecular flexibility index (Phi) is 4.53. The molecule has 10 heteroatoms. The van der Waals surface area contributed by atoms with Gasteiger partial charge in [-0.15, -0.1) is 0 Å². The van der Waals surface area contributed by atoms with Crippen molar-refractivity contribution in [3.05, 3.63) is 58.9 Å². The first-order chi connectivity index (χ1) is 11.7. The van der Waals surface area contributed by atoms with Crippen molar-refractivity contribution >= 4 is 27.3 Å². The van der Waals surface area contributed by atoms with E-state index >= 15 is 0 Å². The molecule has 0 unspecified atom stereocenters. The molecule has 1 aromatic carbocycles. The third kappa shape index (κ3) is 3.83. The van der Waals surface area contributed by atoms with E-state index in [-0.39, 0.29) is 16.5 Å². The molecule has 0 atom stereocenters. The Balaban J connectivity index is 1.78. The van der Waals surface area contributed by atoms with Gasteiger partial charge >= 0.3 is 0 Å². The molecule has 132 valence electrons. The predicted octanol–water partition coefficient (Wildman–Crippen LogP) is 2.57. The lowest BCUT2D eigenvalue weighted by molar-refractivity contribution is 0.600. The minimum Gasteiger partial charge on any atom is -0.276 e. The van der Waals surface area contributed by atoms with E-state index in [2.05, 4.69) is 14.9 Å². The molecule has 3 rings (SSSR count). The van der Waals surface area contributed by atoms with E-state index in [9.17, 15) is 12.8 Å². The van der Waals surface area contributed by atoms with Crippen LogP contribution in [0.5, 0.6) is 0 Å². The van der Waals surface area contributed by atoms with E-state index < -0.39 is 15.8 Å². The smallest absolute Gasteiger partial charge is 0.265 e. The van der Waals surface area contributed by atoms with Crippen LogP contribution < -0.4 is 4.72 Å². The maximum atomic E-state index is 13.1. The van der Waals surface area contributed by atoms with Crippen LogP contribution in [-0.4, -0.2) is 28.0 Å². The second-order valence-corrected chi connectivity index (χ2v) is 7.58. The second-order valence-electron chi connectivity index (χ2n) is 5.52. The van der Waals surface area contributed by atoms with Gasteiger partial charge in [-0.25, -0.2) is 12.8 Å². The van der Waals surface area contributed by atoms with E-state index in [0.717, 1.165) is 0 Å². The fraction of sp³-hybridized carbons (Fsp3) is 0.200. The van der Waals surface area contributed by atoms with Gasteiger partial charge in [0.2, 0.25) is 0 Å². The highest BCUT2D eigenvalue weighted by Crippen LogP contribution is 2.20. The topological polar surface area (TPSA) is 81.8 Å². The largest absolute Gasteiger partial charge is 0.276 e. The fourth-order valence-electron chi connectivity index (χ4n) is 2.38. The summed E-state index contributed by atoms with van der Waals surface area (Å²) in [4.78, 5) is 0.101. The van der Waals surface area contributed by atoms with Crippen LogP contribution in [0.2, 0.25) is 5.02 Å². The molecule has 0 aliphatic rings. The summed E-state index contributed by atoms with van der Waals surface area (Å²) in [5, 5.41) is 8.41. The summed E-state index contributed by atoms with van der Waals surface area (Å²) < 4.78 is 43.3. The van der Waals surface area contributed by atoms with Crippen LogP contribution in [0.4, 0.5) is 10.1 Å². The maximum Gasteiger partial charge on any atom is 0.265 e. The Labute approximate surface area is 149 Å². The van der Waals surface area contributed by atoms with Crippen molar-refractivity contribution < 1.29 is 12.8 Å². The number of benzene rings is 1. The van der Waals surface area contributed by atoms with Crippen LogP contribution in [0.25, 0.3) is 0 Å². The minimum absolute atomic E-state index is 0.101. The zero-order chi connectivity index (χ0) is 18.2. The Morgan fingerprint density at radius 3 is 2.72 bits per heavy atom. The van der Waals surface area contributed by atoms with Gasteiger partial charge in [0.25, 0.3) is 10.0 Å². The molecule has 0 amide bonds. The number of halogens is 2. The fourth-order valence-corrected chi connectivity index (χ4v) is 3.85. The number of nitrogens with one attached hydrogen (secondary N) is 1. The number of hydrogen-bond donors (Lipinski definition) is 1. The van der Waals surface area contributed by atoms with Gasteiger partial charge in [-0.05, 0) is 24.6 Å². The first-order valence-electron chi connectivity index (χ1n) is 7.24. The van der Waals surface area contributed by atoms with Crippen LogP contribution in [0.15, 0.2) is 41.7 Å². The highest BCUT2D eigenvalue weighted by molar-refractivity contribution is 7.92. The van der Waals surface area contributed by atoms with Crippen molar-refractivity contribution in [2.24, 2.45) is 7.05 Å². The molecule has 0 aliphatic heterocycles. The zero-order valence-electron chi connectivity index (χ0n) is 13.4. The number of anilines is 1. The molecule has 0 spiro atoms. The summed E-state index contributed by atoms with van der Waals surface area (Å²) in [6.07, 6.45) is 4.35. The highest BCUT2D eigenvalue weighted by Gasteiger charge is 2.20. The van der Waals surface area contributed by atoms with Crippen LogP contribution in [0.3, 0.4) is 0 Å². The van der Waals surface area contributed by atoms with Crippen LogP contribution in [0.1, 0.15) is 11.3 Å². The molecule has 0 saturated carbocycles. The molecule has 7 nitrogen and oxygen atoms in total. The average Bonchev–Trinajstić information content (AvgIpc) is 3.08. The average molecular weight is 384 g/mol. The Morgan fingerprint density at radius 1 is 1.32 bits per heavy atom. The molecular weight excluding hydrogens is 369 g/mol. The first kappa shape index (κ1) is 17.4. The molecule has 2 aromatic heterocycles. The molecular formula is C15H15ClFN5O2S. The van der Waals surface area contributed by atoms with Crippen LogP contribution in [0, 0.1) is 12.7 Å². The molecule has 0 fully saturated rings. The molecule has 25 heavy (non-hydrogen) atoms. The second kappa shape index (κ2) is 6.49. The third-order valence-electron chi connectivity index (χ3n) is 3.49. The standard InChI is InChI=1S/C15H15ClFN5O2S/c1-10-15(9-21(2)19-10)25(23,24)20-13-6-18-22(8-13)7-11-3-4-12(17)5-14(11)16/h3-6,8-9,20H,7H2,1-2H3. The van der Waals surface area contributed by atoms with Gasteiger partial charge < -0.3 is 0 Å². The summed E-state index contributed by atoms with van der Waals surface area (Å²) in [5.74, 6) is -0.422. The highest BCUT2D eigenvalue weighted by atomic mass is 35.5. The summed E-state index contributed by atoms with van der Waals surface area (Å²) in [5.41, 5.74) is 1.38. The minimum atomic E-state index is -3.76. The van der Waals surface area contributed by atoms with Gasteiger partial charge in [-0.2, -0.15) is 10.2 Å². The van der Waals surface area contributed by atoms with Gasteiger partial charge in [0, 0.05) is 24.5 Å². The van der Waals surface area contributed by atoms with Crippen molar-refractivity contribution in [2.45, 2.75) is 18.4 Å². The molecule has 0 radical (unpaired) electrons. The number of hydrogen-bond acceptors (Lipinski definition) is 4. The summed E-state index contributed by atoms with van der Waals surface area (Å²) in [6.45, 7) is 1.90. The first-order valence-corrected chi connectivity index (χ1v) is 9.10. The predicted molar refractivity (Wildman–Crippen MR) is 91.5 cm³/mol. The molecule has 0 saturated heterocycles. The van der Waals surface area contributed by atoms with E-state index in [0.29, 0.717) is 16.9 Å². The van der Waals surface area contributed by atoms with Crippen molar-refractivity contribution in [1.82, 2.24) is 19.6 Å². The Hall–Kier alpha value is -2.39. The third-order valence-corrected chi connectivity index (χ3v) is 5.33. The van der Waals surface area contributed by atoms with E-state index in [1.54, 1.807) is 20.0 Å². The van der Waals surface area contributed by atoms with E-state index in [1.807, 2.05) is 0 Å². The van der Waals surface area contributed by atoms with Crippen molar-refractivity contribution in [3.8, 4) is 0 Å². The van der Waals surface area contributed by atoms with Gasteiger partial charge in [-0.3, -0.25) is 14.1 Å². The van der Waals surface area contributed by atoms with Crippen molar-refractivity contribution in [2.75, 3.05) is 4.72 Å². The Morgan fingerprint density at radius 2 is 2.08 bits per heavy atom. The zero-order valence-corrected chi connectivity index (χ0v) is 15.0. The summed E-state index contributed by atoms with van der Waals surface area (Å²) in [6, 6.07) is 4.08. The molecule has 0 aliphatic carbocycles. The van der Waals surface area contributed by atoms with Crippen LogP contribution in [-0.2, 0) is 23.6 Å². The summed E-state index contributed by atoms with van der Waals surface area (Å²) in [7, 11) is -2.11. The number of aromatic nitrogens is 4. The lowest BCUT2D eigenvalue weighted by atomic mass is 10.2. The number of rotatable bonds is 5. The molecule has 1 N–H and O–H groups in total. The SMILES string of the molecule is Cc1nn(C)cc1S(=O)(=O)Nc1cnn(Cc2ccc(F)cc2Cl)c1. The van der Waals surface area contributed by atoms with Gasteiger partial charge in [0.1, 0.15) is 10.7 Å². The molecule has 2 heterocycles. The summed E-state index contributed by atoms with van der Waals surface area (Å²) >= 11 is 5.99. The lowest BCUT2D eigenvalue weighted by Crippen LogP contribution is -2.13. The molecule has 3 aromatic rings. The van der Waals surface area contributed by atoms with Crippen molar-refractivity contribution in [3.63, 3.8) is 0 Å². The maximum absolute atomic E-state index is 13.1. The van der Waals surface area contributed by atoms with Gasteiger partial charge in [0.15, 0.2) is 0 Å². The van der Waals surface area contributed by atoms with Crippen molar-refractivity contribution in [1.29, 1.82) is 0 Å². The quantitative estimate of drug-likeness (QED) is 0.734. The van der Waals surface area contributed by atoms with Crippen LogP contribution >= 0.6 is 11.6 Å². The number of nitrogens with zero attached hydrogens (tertiary/aromatic N) is 4. The number of sulfonamides is 1. The monoisotopic (exact) mass is 383 g/mol. The molecule has 0 bridgehead atoms. The van der Waals surface area contributed by atoms with Gasteiger partial charge in [0.05, 0.1) is 24.1 Å².